The summed E-state index contributed by atoms with van der Waals surface area (Å²) in [5.74, 6) is 1.09. The van der Waals surface area contributed by atoms with Gasteiger partial charge in [0.1, 0.15) is 6.61 Å². The van der Waals surface area contributed by atoms with Crippen LogP contribution in [0.2, 0.25) is 0 Å². The predicted octanol–water partition coefficient (Wildman–Crippen LogP) is 0.903. The van der Waals surface area contributed by atoms with Crippen molar-refractivity contribution in [3.8, 4) is 0 Å². The van der Waals surface area contributed by atoms with Crippen molar-refractivity contribution in [3.63, 3.8) is 0 Å². The van der Waals surface area contributed by atoms with Crippen LogP contribution in [0.25, 0.3) is 0 Å². The van der Waals surface area contributed by atoms with Gasteiger partial charge in [-0.15, -0.1) is 10.2 Å². The Morgan fingerprint density at radius 3 is 2.88 bits per heavy atom. The molecule has 0 aliphatic rings. The second-order valence-corrected chi connectivity index (χ2v) is 3.36. The second kappa shape index (κ2) is 7.32. The molecule has 6 nitrogen and oxygen atoms in total. The average molecular weight is 229 g/mol. The van der Waals surface area contributed by atoms with Gasteiger partial charge in [-0.25, -0.2) is 0 Å². The zero-order valence-electron chi connectivity index (χ0n) is 10.0. The highest BCUT2D eigenvalue weighted by Crippen LogP contribution is 2.10. The zero-order chi connectivity index (χ0) is 11.8. The summed E-state index contributed by atoms with van der Waals surface area (Å²) in [5, 5.41) is 11.0. The van der Waals surface area contributed by atoms with Crippen molar-refractivity contribution in [2.75, 3.05) is 26.9 Å². The molecule has 1 rings (SSSR count). The van der Waals surface area contributed by atoms with Crippen molar-refractivity contribution in [2.45, 2.75) is 26.5 Å². The molecule has 0 bridgehead atoms. The summed E-state index contributed by atoms with van der Waals surface area (Å²) in [4.78, 5) is 0. The minimum absolute atomic E-state index is 0.0743. The van der Waals surface area contributed by atoms with E-state index in [0.29, 0.717) is 31.6 Å². The maximum absolute atomic E-state index is 5.43. The van der Waals surface area contributed by atoms with Gasteiger partial charge >= 0.3 is 0 Å². The number of ether oxygens (including phenoxy) is 2. The standard InChI is InChI=1S/C10H19N3O3/c1-4-11-8(2)10-13-12-9(16-10)7-15-6-5-14-3/h8,11H,4-7H2,1-3H3. The van der Waals surface area contributed by atoms with Crippen LogP contribution in [0.3, 0.4) is 0 Å². The topological polar surface area (TPSA) is 69.4 Å². The van der Waals surface area contributed by atoms with Crippen LogP contribution >= 0.6 is 0 Å². The lowest BCUT2D eigenvalue weighted by atomic mass is 10.3. The molecule has 0 saturated carbocycles. The van der Waals surface area contributed by atoms with Gasteiger partial charge in [0, 0.05) is 7.11 Å². The molecule has 0 aliphatic carbocycles. The maximum atomic E-state index is 5.43. The molecule has 1 aromatic rings. The summed E-state index contributed by atoms with van der Waals surface area (Å²) in [6.45, 7) is 6.29. The second-order valence-electron chi connectivity index (χ2n) is 3.36. The van der Waals surface area contributed by atoms with Crippen molar-refractivity contribution < 1.29 is 13.9 Å². The summed E-state index contributed by atoms with van der Waals surface area (Å²) in [5.41, 5.74) is 0. The van der Waals surface area contributed by atoms with E-state index in [1.807, 2.05) is 13.8 Å². The van der Waals surface area contributed by atoms with Crippen LogP contribution in [0.4, 0.5) is 0 Å². The normalized spacial score (nSPS) is 12.9. The van der Waals surface area contributed by atoms with Crippen molar-refractivity contribution in [1.29, 1.82) is 0 Å². The van der Waals surface area contributed by atoms with E-state index in [0.717, 1.165) is 6.54 Å². The van der Waals surface area contributed by atoms with Gasteiger partial charge in [-0.05, 0) is 13.5 Å². The van der Waals surface area contributed by atoms with E-state index in [1.54, 1.807) is 7.11 Å². The van der Waals surface area contributed by atoms with E-state index >= 15 is 0 Å². The minimum atomic E-state index is 0.0743. The Morgan fingerprint density at radius 2 is 2.19 bits per heavy atom. The first kappa shape index (κ1) is 13.1. The lowest BCUT2D eigenvalue weighted by Crippen LogP contribution is -2.17. The third kappa shape index (κ3) is 4.26. The Labute approximate surface area is 95.3 Å². The van der Waals surface area contributed by atoms with E-state index in [2.05, 4.69) is 15.5 Å². The lowest BCUT2D eigenvalue weighted by molar-refractivity contribution is 0.0511. The quantitative estimate of drug-likeness (QED) is 0.668. The molecule has 92 valence electrons. The third-order valence-electron chi connectivity index (χ3n) is 2.02. The van der Waals surface area contributed by atoms with Crippen molar-refractivity contribution in [1.82, 2.24) is 15.5 Å². The molecule has 0 spiro atoms. The first-order valence-electron chi connectivity index (χ1n) is 5.40. The molecule has 0 radical (unpaired) electrons. The molecule has 0 fully saturated rings. The van der Waals surface area contributed by atoms with E-state index in [1.165, 1.54) is 0 Å². The molecule has 0 aliphatic heterocycles. The lowest BCUT2D eigenvalue weighted by Gasteiger charge is -2.05. The maximum Gasteiger partial charge on any atom is 0.242 e. The third-order valence-corrected chi connectivity index (χ3v) is 2.02. The number of nitrogens with one attached hydrogen (secondary N) is 1. The molecule has 6 heteroatoms. The molecule has 1 heterocycles. The Bertz CT molecular complexity index is 291. The fraction of sp³-hybridized carbons (Fsp3) is 0.800. The summed E-state index contributed by atoms with van der Waals surface area (Å²) < 4.78 is 15.6. The highest BCUT2D eigenvalue weighted by molar-refractivity contribution is 4.86. The average Bonchev–Trinajstić information content (AvgIpc) is 2.73. The van der Waals surface area contributed by atoms with E-state index in [9.17, 15) is 0 Å². The van der Waals surface area contributed by atoms with Gasteiger partial charge < -0.3 is 19.2 Å². The first-order chi connectivity index (χ1) is 7.77. The molecule has 1 atom stereocenters. The predicted molar refractivity (Wildman–Crippen MR) is 57.9 cm³/mol. The van der Waals surface area contributed by atoms with Gasteiger partial charge in [0.05, 0.1) is 19.3 Å². The van der Waals surface area contributed by atoms with Crippen LogP contribution in [0.5, 0.6) is 0 Å². The van der Waals surface area contributed by atoms with Gasteiger partial charge in [0.15, 0.2) is 0 Å². The number of methoxy groups -OCH3 is 1. The van der Waals surface area contributed by atoms with Gasteiger partial charge in [-0.2, -0.15) is 0 Å². The van der Waals surface area contributed by atoms with E-state index in [-0.39, 0.29) is 6.04 Å². The Kier molecular flexibility index (Phi) is 5.99. The van der Waals surface area contributed by atoms with Gasteiger partial charge in [0.2, 0.25) is 11.8 Å². The van der Waals surface area contributed by atoms with E-state index in [4.69, 9.17) is 13.9 Å². The molecule has 1 N–H and O–H groups in total. The Hall–Kier alpha value is -0.980. The zero-order valence-corrected chi connectivity index (χ0v) is 10.0. The summed E-state index contributed by atoms with van der Waals surface area (Å²) in [7, 11) is 1.63. The summed E-state index contributed by atoms with van der Waals surface area (Å²) in [6, 6.07) is 0.0743. The van der Waals surface area contributed by atoms with Gasteiger partial charge in [-0.3, -0.25) is 0 Å². The molecule has 16 heavy (non-hydrogen) atoms. The van der Waals surface area contributed by atoms with Crippen LogP contribution in [-0.4, -0.2) is 37.1 Å². The van der Waals surface area contributed by atoms with Crippen LogP contribution < -0.4 is 5.32 Å². The molecule has 0 saturated heterocycles. The number of aromatic nitrogens is 2. The SMILES string of the molecule is CCNC(C)c1nnc(COCCOC)o1. The van der Waals surface area contributed by atoms with Gasteiger partial charge in [-0.1, -0.05) is 6.92 Å². The number of hydrogen-bond acceptors (Lipinski definition) is 6. The molecule has 1 aromatic heterocycles. The summed E-state index contributed by atoms with van der Waals surface area (Å²) >= 11 is 0. The Morgan fingerprint density at radius 1 is 1.38 bits per heavy atom. The van der Waals surface area contributed by atoms with Crippen molar-refractivity contribution in [2.24, 2.45) is 0 Å². The number of nitrogens with zero attached hydrogens (tertiary/aromatic N) is 2. The van der Waals surface area contributed by atoms with Crippen LogP contribution in [-0.2, 0) is 16.1 Å². The molecule has 1 unspecified atom stereocenters. The largest absolute Gasteiger partial charge is 0.421 e. The number of rotatable bonds is 8. The van der Waals surface area contributed by atoms with Crippen LogP contribution in [0, 0.1) is 0 Å². The molecule has 0 aromatic carbocycles. The highest BCUT2D eigenvalue weighted by Gasteiger charge is 2.12. The first-order valence-corrected chi connectivity index (χ1v) is 5.40. The fourth-order valence-corrected chi connectivity index (χ4v) is 1.20. The van der Waals surface area contributed by atoms with E-state index < -0.39 is 0 Å². The highest BCUT2D eigenvalue weighted by atomic mass is 16.5. The molecular formula is C10H19N3O3. The van der Waals surface area contributed by atoms with Crippen LogP contribution in [0.1, 0.15) is 31.7 Å². The monoisotopic (exact) mass is 229 g/mol. The van der Waals surface area contributed by atoms with Crippen molar-refractivity contribution >= 4 is 0 Å². The van der Waals surface area contributed by atoms with Crippen molar-refractivity contribution in [3.05, 3.63) is 11.8 Å². The number of hydrogen-bond donors (Lipinski definition) is 1. The van der Waals surface area contributed by atoms with Gasteiger partial charge in [0.25, 0.3) is 0 Å². The Balaban J connectivity index is 2.33. The molecular weight excluding hydrogens is 210 g/mol. The van der Waals surface area contributed by atoms with Crippen LogP contribution in [0.15, 0.2) is 4.42 Å². The summed E-state index contributed by atoms with van der Waals surface area (Å²) in [6.07, 6.45) is 0. The fourth-order valence-electron chi connectivity index (χ4n) is 1.20. The molecule has 0 amide bonds. The minimum Gasteiger partial charge on any atom is -0.421 e. The smallest absolute Gasteiger partial charge is 0.242 e.